The molecule has 7 nitrogen and oxygen atoms in total. The van der Waals surface area contributed by atoms with Crippen molar-refractivity contribution in [3.8, 4) is 0 Å². The summed E-state index contributed by atoms with van der Waals surface area (Å²) in [5, 5.41) is 5.29. The van der Waals surface area contributed by atoms with Gasteiger partial charge in [0.2, 0.25) is 5.91 Å². The molecule has 156 valence electrons. The highest BCUT2D eigenvalue weighted by molar-refractivity contribution is 6.11. The third-order valence-electron chi connectivity index (χ3n) is 5.06. The molecule has 3 rings (SSSR count). The van der Waals surface area contributed by atoms with Crippen LogP contribution in [0.15, 0.2) is 48.5 Å². The summed E-state index contributed by atoms with van der Waals surface area (Å²) in [7, 11) is 0. The SMILES string of the molecule is CC(=O)NCCc1ccc(C(=O)CN2C(=O)NC(C)(c3ccc(F)cc3)C2=O)cc1. The monoisotopic (exact) mass is 411 g/mol. The number of hydrogen-bond acceptors (Lipinski definition) is 4. The lowest BCUT2D eigenvalue weighted by atomic mass is 9.92. The van der Waals surface area contributed by atoms with Gasteiger partial charge in [0.05, 0.1) is 6.54 Å². The molecule has 0 saturated carbocycles. The van der Waals surface area contributed by atoms with Crippen LogP contribution in [0.25, 0.3) is 0 Å². The maximum atomic E-state index is 13.2. The maximum Gasteiger partial charge on any atom is 0.325 e. The molecule has 0 aliphatic carbocycles. The van der Waals surface area contributed by atoms with E-state index in [1.807, 2.05) is 0 Å². The zero-order valence-corrected chi connectivity index (χ0v) is 16.7. The molecule has 8 heteroatoms. The molecule has 4 amide bonds. The second-order valence-electron chi connectivity index (χ2n) is 7.31. The molecule has 2 N–H and O–H groups in total. The van der Waals surface area contributed by atoms with Crippen molar-refractivity contribution < 1.29 is 23.6 Å². The van der Waals surface area contributed by atoms with Gasteiger partial charge in [-0.05, 0) is 36.6 Å². The Balaban J connectivity index is 1.67. The predicted octanol–water partition coefficient (Wildman–Crippen LogP) is 2.15. The Bertz CT molecular complexity index is 988. The zero-order chi connectivity index (χ0) is 21.9. The second-order valence-corrected chi connectivity index (χ2v) is 7.31. The molecular weight excluding hydrogens is 389 g/mol. The largest absolute Gasteiger partial charge is 0.356 e. The molecule has 1 heterocycles. The van der Waals surface area contributed by atoms with Gasteiger partial charge in [0.25, 0.3) is 5.91 Å². The molecule has 1 aliphatic heterocycles. The lowest BCUT2D eigenvalue weighted by Gasteiger charge is -2.22. The number of Topliss-reactive ketones (excluding diaryl/α,β-unsaturated/α-hetero) is 1. The smallest absolute Gasteiger partial charge is 0.325 e. The Kier molecular flexibility index (Phi) is 5.96. The number of nitrogens with one attached hydrogen (secondary N) is 2. The minimum atomic E-state index is -1.36. The Hall–Kier alpha value is -3.55. The average Bonchev–Trinajstić information content (AvgIpc) is 2.92. The van der Waals surface area contributed by atoms with Crippen LogP contribution in [-0.2, 0) is 21.5 Å². The van der Waals surface area contributed by atoms with E-state index in [4.69, 9.17) is 0 Å². The Labute approximate surface area is 173 Å². The number of benzene rings is 2. The van der Waals surface area contributed by atoms with Crippen molar-refractivity contribution in [1.82, 2.24) is 15.5 Å². The number of rotatable bonds is 7. The fourth-order valence-corrected chi connectivity index (χ4v) is 3.29. The van der Waals surface area contributed by atoms with Gasteiger partial charge in [-0.25, -0.2) is 9.18 Å². The van der Waals surface area contributed by atoms with Crippen LogP contribution in [0.2, 0.25) is 0 Å². The molecule has 2 aromatic carbocycles. The van der Waals surface area contributed by atoms with Crippen molar-refractivity contribution in [1.29, 1.82) is 0 Å². The number of imide groups is 1. The lowest BCUT2D eigenvalue weighted by molar-refractivity contribution is -0.130. The van der Waals surface area contributed by atoms with E-state index in [1.54, 1.807) is 24.3 Å². The highest BCUT2D eigenvalue weighted by Crippen LogP contribution is 2.29. The highest BCUT2D eigenvalue weighted by atomic mass is 19.1. The molecular formula is C22H22FN3O4. The van der Waals surface area contributed by atoms with Crippen LogP contribution in [0.3, 0.4) is 0 Å². The molecule has 1 fully saturated rings. The quantitative estimate of drug-likeness (QED) is 0.539. The van der Waals surface area contributed by atoms with Crippen LogP contribution < -0.4 is 10.6 Å². The van der Waals surface area contributed by atoms with Gasteiger partial charge in [-0.15, -0.1) is 0 Å². The Morgan fingerprint density at radius 3 is 2.30 bits per heavy atom. The third-order valence-corrected chi connectivity index (χ3v) is 5.06. The van der Waals surface area contributed by atoms with E-state index in [2.05, 4.69) is 10.6 Å². The van der Waals surface area contributed by atoms with E-state index in [0.717, 1.165) is 10.5 Å². The van der Waals surface area contributed by atoms with Crippen LogP contribution >= 0.6 is 0 Å². The highest BCUT2D eigenvalue weighted by Gasteiger charge is 2.49. The summed E-state index contributed by atoms with van der Waals surface area (Å²) < 4.78 is 13.2. The van der Waals surface area contributed by atoms with Crippen molar-refractivity contribution in [3.05, 3.63) is 71.0 Å². The summed E-state index contributed by atoms with van der Waals surface area (Å²) in [6.07, 6.45) is 0.622. The van der Waals surface area contributed by atoms with E-state index < -0.39 is 29.8 Å². The topological polar surface area (TPSA) is 95.6 Å². The molecule has 0 spiro atoms. The van der Waals surface area contributed by atoms with Gasteiger partial charge in [0.1, 0.15) is 11.4 Å². The molecule has 1 aliphatic rings. The van der Waals surface area contributed by atoms with Gasteiger partial charge in [0.15, 0.2) is 5.78 Å². The van der Waals surface area contributed by atoms with E-state index in [-0.39, 0.29) is 11.7 Å². The number of hydrogen-bond donors (Lipinski definition) is 2. The third kappa shape index (κ3) is 4.37. The fourth-order valence-electron chi connectivity index (χ4n) is 3.29. The Morgan fingerprint density at radius 1 is 1.07 bits per heavy atom. The van der Waals surface area contributed by atoms with Gasteiger partial charge in [0, 0.05) is 19.0 Å². The maximum absolute atomic E-state index is 13.2. The van der Waals surface area contributed by atoms with Gasteiger partial charge in [-0.2, -0.15) is 0 Å². The summed E-state index contributed by atoms with van der Waals surface area (Å²) in [6, 6.07) is 11.4. The summed E-state index contributed by atoms with van der Waals surface area (Å²) in [5.74, 6) is -1.51. The lowest BCUT2D eigenvalue weighted by Crippen LogP contribution is -2.41. The van der Waals surface area contributed by atoms with Crippen LogP contribution in [0.5, 0.6) is 0 Å². The van der Waals surface area contributed by atoms with Crippen molar-refractivity contribution >= 4 is 23.6 Å². The summed E-state index contributed by atoms with van der Waals surface area (Å²) >= 11 is 0. The first kappa shape index (κ1) is 21.2. The predicted molar refractivity (Wildman–Crippen MR) is 107 cm³/mol. The first-order valence-corrected chi connectivity index (χ1v) is 9.47. The van der Waals surface area contributed by atoms with Crippen molar-refractivity contribution in [3.63, 3.8) is 0 Å². The number of halogens is 1. The number of nitrogens with zero attached hydrogens (tertiary/aromatic N) is 1. The van der Waals surface area contributed by atoms with Crippen LogP contribution in [0.4, 0.5) is 9.18 Å². The van der Waals surface area contributed by atoms with Crippen molar-refractivity contribution in [2.75, 3.05) is 13.1 Å². The molecule has 0 radical (unpaired) electrons. The number of carbonyl (C=O) groups excluding carboxylic acids is 4. The normalized spacial score (nSPS) is 18.3. The molecule has 0 aromatic heterocycles. The fraction of sp³-hybridized carbons (Fsp3) is 0.273. The molecule has 30 heavy (non-hydrogen) atoms. The average molecular weight is 411 g/mol. The van der Waals surface area contributed by atoms with Gasteiger partial charge < -0.3 is 10.6 Å². The minimum Gasteiger partial charge on any atom is -0.356 e. The molecule has 1 atom stereocenters. The summed E-state index contributed by atoms with van der Waals surface area (Å²) in [6.45, 7) is 3.06. The van der Waals surface area contributed by atoms with E-state index in [1.165, 1.54) is 38.1 Å². The summed E-state index contributed by atoms with van der Waals surface area (Å²) in [4.78, 5) is 49.6. The van der Waals surface area contributed by atoms with Crippen molar-refractivity contribution in [2.24, 2.45) is 0 Å². The number of carbonyl (C=O) groups is 4. The van der Waals surface area contributed by atoms with Gasteiger partial charge >= 0.3 is 6.03 Å². The first-order valence-electron chi connectivity index (χ1n) is 9.47. The standard InChI is InChI=1S/C22H22FN3O4/c1-14(27)24-12-11-15-3-5-16(6-4-15)19(28)13-26-20(29)22(2,25-21(26)30)17-7-9-18(23)10-8-17/h3-10H,11-13H2,1-2H3,(H,24,27)(H,25,30). The number of amides is 4. The van der Waals surface area contributed by atoms with E-state index >= 15 is 0 Å². The first-order chi connectivity index (χ1) is 14.2. The minimum absolute atomic E-state index is 0.108. The molecule has 2 aromatic rings. The molecule has 1 saturated heterocycles. The number of ketones is 1. The molecule has 0 bridgehead atoms. The zero-order valence-electron chi connectivity index (χ0n) is 16.7. The van der Waals surface area contributed by atoms with E-state index in [0.29, 0.717) is 24.1 Å². The molecule has 1 unspecified atom stereocenters. The van der Waals surface area contributed by atoms with Crippen LogP contribution in [0.1, 0.15) is 35.3 Å². The van der Waals surface area contributed by atoms with Gasteiger partial charge in [-0.3, -0.25) is 19.3 Å². The van der Waals surface area contributed by atoms with E-state index in [9.17, 15) is 23.6 Å². The van der Waals surface area contributed by atoms with Crippen molar-refractivity contribution in [2.45, 2.75) is 25.8 Å². The van der Waals surface area contributed by atoms with Gasteiger partial charge in [-0.1, -0.05) is 36.4 Å². The Morgan fingerprint density at radius 2 is 1.70 bits per heavy atom. The summed E-state index contributed by atoms with van der Waals surface area (Å²) in [5.41, 5.74) is 0.382. The second kappa shape index (κ2) is 8.44. The van der Waals surface area contributed by atoms with Crippen LogP contribution in [-0.4, -0.2) is 41.6 Å². The number of urea groups is 1. The van der Waals surface area contributed by atoms with Crippen LogP contribution in [0, 0.1) is 5.82 Å².